The molecule has 0 aliphatic rings. The zero-order valence-corrected chi connectivity index (χ0v) is 15.2. The van der Waals surface area contributed by atoms with Crippen molar-refractivity contribution in [3.8, 4) is 16.5 Å². The Kier molecular flexibility index (Phi) is 4.28. The van der Waals surface area contributed by atoms with E-state index in [0.717, 1.165) is 29.2 Å². The number of benzene rings is 2. The third-order valence-electron chi connectivity index (χ3n) is 4.30. The second-order valence-electron chi connectivity index (χ2n) is 6.17. The molecule has 0 radical (unpaired) electrons. The number of imidazole rings is 1. The first kappa shape index (κ1) is 15.9. The Bertz CT molecular complexity index is 1000. The highest BCUT2D eigenvalue weighted by atomic mass is 32.1. The van der Waals surface area contributed by atoms with Crippen LogP contribution in [0.25, 0.3) is 21.7 Å². The normalized spacial score (nSPS) is 11.1. The van der Waals surface area contributed by atoms with E-state index in [9.17, 15) is 0 Å². The highest BCUT2D eigenvalue weighted by Gasteiger charge is 2.13. The van der Waals surface area contributed by atoms with Crippen molar-refractivity contribution in [3.05, 3.63) is 71.1 Å². The Morgan fingerprint density at radius 1 is 1.04 bits per heavy atom. The lowest BCUT2D eigenvalue weighted by atomic mass is 10.1. The molecule has 0 saturated carbocycles. The van der Waals surface area contributed by atoms with Crippen LogP contribution in [0.5, 0.6) is 5.75 Å². The maximum absolute atomic E-state index is 6.04. The average molecular weight is 348 g/mol. The molecule has 4 rings (SSSR count). The number of nitrogens with zero attached hydrogens (tertiary/aromatic N) is 2. The van der Waals surface area contributed by atoms with Gasteiger partial charge < -0.3 is 9.30 Å². The Labute approximate surface area is 151 Å². The molecule has 0 fully saturated rings. The number of thiophene rings is 1. The number of aromatic nitrogens is 2. The van der Waals surface area contributed by atoms with Gasteiger partial charge in [0.25, 0.3) is 0 Å². The molecular weight excluding hydrogens is 328 g/mol. The minimum absolute atomic E-state index is 0.614. The fourth-order valence-electron chi connectivity index (χ4n) is 3.10. The van der Waals surface area contributed by atoms with Gasteiger partial charge in [0.05, 0.1) is 22.5 Å². The predicted octanol–water partition coefficient (Wildman–Crippen LogP) is 5.46. The summed E-state index contributed by atoms with van der Waals surface area (Å²) in [4.78, 5) is 6.01. The monoisotopic (exact) mass is 348 g/mol. The summed E-state index contributed by atoms with van der Waals surface area (Å²) in [6.07, 6.45) is 0. The van der Waals surface area contributed by atoms with Crippen molar-refractivity contribution >= 4 is 22.4 Å². The van der Waals surface area contributed by atoms with Gasteiger partial charge in [0.2, 0.25) is 0 Å². The van der Waals surface area contributed by atoms with Gasteiger partial charge in [0.15, 0.2) is 5.82 Å². The molecule has 2 heterocycles. The minimum atomic E-state index is 0.614. The molecule has 0 bridgehead atoms. The van der Waals surface area contributed by atoms with Crippen LogP contribution in [0.2, 0.25) is 0 Å². The van der Waals surface area contributed by atoms with Gasteiger partial charge in [-0.25, -0.2) is 4.98 Å². The van der Waals surface area contributed by atoms with Gasteiger partial charge in [0.1, 0.15) is 12.4 Å². The van der Waals surface area contributed by atoms with Crippen molar-refractivity contribution in [1.82, 2.24) is 9.55 Å². The zero-order chi connectivity index (χ0) is 17.2. The number of hydrogen-bond acceptors (Lipinski definition) is 3. The van der Waals surface area contributed by atoms with Crippen LogP contribution in [0.4, 0.5) is 0 Å². The molecule has 25 heavy (non-hydrogen) atoms. The number of rotatable bonds is 5. The summed E-state index contributed by atoms with van der Waals surface area (Å²) in [6, 6.07) is 18.8. The van der Waals surface area contributed by atoms with E-state index in [4.69, 9.17) is 9.72 Å². The highest BCUT2D eigenvalue weighted by molar-refractivity contribution is 7.13. The van der Waals surface area contributed by atoms with E-state index in [2.05, 4.69) is 72.3 Å². The Morgan fingerprint density at radius 3 is 2.72 bits per heavy atom. The van der Waals surface area contributed by atoms with Crippen LogP contribution < -0.4 is 4.74 Å². The molecule has 0 unspecified atom stereocenters. The molecule has 0 N–H and O–H groups in total. The van der Waals surface area contributed by atoms with E-state index in [0.29, 0.717) is 6.61 Å². The van der Waals surface area contributed by atoms with Gasteiger partial charge in [0, 0.05) is 0 Å². The molecule has 4 aromatic rings. The molecule has 0 amide bonds. The summed E-state index contributed by atoms with van der Waals surface area (Å²) in [5.74, 6) is 1.97. The molecule has 3 nitrogen and oxygen atoms in total. The van der Waals surface area contributed by atoms with Gasteiger partial charge in [-0.3, -0.25) is 0 Å². The molecule has 2 aromatic carbocycles. The van der Waals surface area contributed by atoms with Crippen molar-refractivity contribution in [2.75, 3.05) is 6.61 Å². The lowest BCUT2D eigenvalue weighted by molar-refractivity contribution is 0.299. The van der Waals surface area contributed by atoms with Crippen molar-refractivity contribution in [1.29, 1.82) is 0 Å². The lowest BCUT2D eigenvalue weighted by Crippen LogP contribution is -2.09. The highest BCUT2D eigenvalue weighted by Crippen LogP contribution is 2.28. The van der Waals surface area contributed by atoms with Gasteiger partial charge >= 0.3 is 0 Å². The standard InChI is InChI=1S/C21H20N2OS/c1-15-9-10-19(16(2)14-15)24-12-11-23-18-7-4-3-6-17(18)22-21(23)20-8-5-13-25-20/h3-10,13-14H,11-12H2,1-2H3. The number of para-hydroxylation sites is 2. The quantitative estimate of drug-likeness (QED) is 0.479. The molecule has 0 saturated heterocycles. The van der Waals surface area contributed by atoms with Crippen LogP contribution in [-0.4, -0.2) is 16.2 Å². The number of ether oxygens (including phenoxy) is 1. The predicted molar refractivity (Wildman–Crippen MR) is 104 cm³/mol. The summed E-state index contributed by atoms with van der Waals surface area (Å²) in [6.45, 7) is 5.57. The molecule has 126 valence electrons. The fourth-order valence-corrected chi connectivity index (χ4v) is 3.83. The van der Waals surface area contributed by atoms with Gasteiger partial charge in [-0.2, -0.15) is 0 Å². The lowest BCUT2D eigenvalue weighted by Gasteiger charge is -2.12. The summed E-state index contributed by atoms with van der Waals surface area (Å²) in [5.41, 5.74) is 4.60. The topological polar surface area (TPSA) is 27.1 Å². The summed E-state index contributed by atoms with van der Waals surface area (Å²) in [7, 11) is 0. The molecule has 0 aliphatic carbocycles. The van der Waals surface area contributed by atoms with Crippen LogP contribution in [0.3, 0.4) is 0 Å². The average Bonchev–Trinajstić information content (AvgIpc) is 3.25. The second kappa shape index (κ2) is 6.73. The van der Waals surface area contributed by atoms with Crippen molar-refractivity contribution in [2.45, 2.75) is 20.4 Å². The first-order valence-corrected chi connectivity index (χ1v) is 9.29. The van der Waals surface area contributed by atoms with Crippen LogP contribution in [-0.2, 0) is 6.54 Å². The molecule has 4 heteroatoms. The largest absolute Gasteiger partial charge is 0.491 e. The fraction of sp³-hybridized carbons (Fsp3) is 0.190. The van der Waals surface area contributed by atoms with Gasteiger partial charge in [-0.1, -0.05) is 35.9 Å². The number of hydrogen-bond donors (Lipinski definition) is 0. The second-order valence-corrected chi connectivity index (χ2v) is 7.12. The molecule has 0 atom stereocenters. The third kappa shape index (κ3) is 3.17. The van der Waals surface area contributed by atoms with E-state index < -0.39 is 0 Å². The minimum Gasteiger partial charge on any atom is -0.491 e. The third-order valence-corrected chi connectivity index (χ3v) is 5.16. The molecule has 0 spiro atoms. The molecule has 2 aromatic heterocycles. The smallest absolute Gasteiger partial charge is 0.151 e. The Morgan fingerprint density at radius 2 is 1.92 bits per heavy atom. The SMILES string of the molecule is Cc1ccc(OCCn2c(-c3cccs3)nc3ccccc32)c(C)c1. The van der Waals surface area contributed by atoms with Crippen molar-refractivity contribution in [3.63, 3.8) is 0 Å². The van der Waals surface area contributed by atoms with E-state index in [1.54, 1.807) is 11.3 Å². The molecular formula is C21H20N2OS. The Balaban J connectivity index is 1.61. The van der Waals surface area contributed by atoms with Crippen LogP contribution in [0.15, 0.2) is 60.0 Å². The summed E-state index contributed by atoms with van der Waals surface area (Å²) in [5, 5.41) is 2.09. The van der Waals surface area contributed by atoms with Crippen LogP contribution in [0.1, 0.15) is 11.1 Å². The first-order valence-electron chi connectivity index (χ1n) is 8.41. The number of aryl methyl sites for hydroxylation is 2. The summed E-state index contributed by atoms with van der Waals surface area (Å²) < 4.78 is 8.30. The van der Waals surface area contributed by atoms with Gasteiger partial charge in [-0.05, 0) is 49.1 Å². The maximum atomic E-state index is 6.04. The molecule has 0 aliphatic heterocycles. The van der Waals surface area contributed by atoms with Crippen molar-refractivity contribution in [2.24, 2.45) is 0 Å². The summed E-state index contributed by atoms with van der Waals surface area (Å²) >= 11 is 1.72. The van der Waals surface area contributed by atoms with Crippen molar-refractivity contribution < 1.29 is 4.74 Å². The van der Waals surface area contributed by atoms with E-state index in [1.165, 1.54) is 16.0 Å². The van der Waals surface area contributed by atoms with E-state index in [1.807, 2.05) is 6.07 Å². The number of fused-ring (bicyclic) bond motifs is 1. The van der Waals surface area contributed by atoms with Crippen LogP contribution in [0, 0.1) is 13.8 Å². The first-order chi connectivity index (χ1) is 12.2. The Hall–Kier alpha value is -2.59. The van der Waals surface area contributed by atoms with E-state index >= 15 is 0 Å². The maximum Gasteiger partial charge on any atom is 0.151 e. The van der Waals surface area contributed by atoms with E-state index in [-0.39, 0.29) is 0 Å². The van der Waals surface area contributed by atoms with Gasteiger partial charge in [-0.15, -0.1) is 11.3 Å². The van der Waals surface area contributed by atoms with Crippen LogP contribution >= 0.6 is 11.3 Å². The zero-order valence-electron chi connectivity index (χ0n) is 14.4.